The van der Waals surface area contributed by atoms with Gasteiger partial charge in [0.15, 0.2) is 0 Å². The van der Waals surface area contributed by atoms with E-state index in [1.54, 1.807) is 19.9 Å². The van der Waals surface area contributed by atoms with Gasteiger partial charge in [0.25, 0.3) is 5.91 Å². The van der Waals surface area contributed by atoms with Crippen LogP contribution in [0.25, 0.3) is 0 Å². The smallest absolute Gasteiger partial charge is 0.251 e. The number of ether oxygens (including phenoxy) is 1. The number of carbonyl (C=O) groups excluding carboxylic acids is 1. The molecule has 0 radical (unpaired) electrons. The van der Waals surface area contributed by atoms with E-state index in [2.05, 4.69) is 5.32 Å². The molecule has 0 aliphatic rings. The fourth-order valence-electron chi connectivity index (χ4n) is 2.12. The average molecular weight is 356 g/mol. The molecule has 0 spiro atoms. The fraction of sp³-hybridized carbons (Fsp3) is 0.588. The zero-order valence-electron chi connectivity index (χ0n) is 15.3. The van der Waals surface area contributed by atoms with E-state index < -0.39 is 10.0 Å². The summed E-state index contributed by atoms with van der Waals surface area (Å²) in [5.74, 6) is -0.280. The van der Waals surface area contributed by atoms with Crippen LogP contribution in [0.3, 0.4) is 0 Å². The van der Waals surface area contributed by atoms with Crippen LogP contribution in [0.2, 0.25) is 0 Å². The molecule has 0 heterocycles. The minimum Gasteiger partial charge on any atom is -0.379 e. The van der Waals surface area contributed by atoms with Crippen molar-refractivity contribution < 1.29 is 17.9 Å². The highest BCUT2D eigenvalue weighted by atomic mass is 32.2. The lowest BCUT2D eigenvalue weighted by atomic mass is 10.1. The van der Waals surface area contributed by atoms with Gasteiger partial charge in [-0.2, -0.15) is 0 Å². The Hall–Kier alpha value is -1.44. The van der Waals surface area contributed by atoms with Gasteiger partial charge in [0.1, 0.15) is 0 Å². The van der Waals surface area contributed by atoms with Crippen molar-refractivity contribution in [3.63, 3.8) is 0 Å². The molecule has 1 aromatic rings. The van der Waals surface area contributed by atoms with Crippen LogP contribution in [0.1, 0.15) is 41.8 Å². The third-order valence-electron chi connectivity index (χ3n) is 3.70. The van der Waals surface area contributed by atoms with Crippen LogP contribution in [-0.4, -0.2) is 52.0 Å². The maximum absolute atomic E-state index is 12.4. The predicted molar refractivity (Wildman–Crippen MR) is 94.8 cm³/mol. The van der Waals surface area contributed by atoms with Gasteiger partial charge in [-0.05, 0) is 57.4 Å². The lowest BCUT2D eigenvalue weighted by Gasteiger charge is -2.16. The summed E-state index contributed by atoms with van der Waals surface area (Å²) >= 11 is 0. The summed E-state index contributed by atoms with van der Waals surface area (Å²) < 4.78 is 31.4. The van der Waals surface area contributed by atoms with E-state index in [0.29, 0.717) is 30.7 Å². The van der Waals surface area contributed by atoms with Crippen LogP contribution in [0.4, 0.5) is 0 Å². The Labute approximate surface area is 145 Å². The summed E-state index contributed by atoms with van der Waals surface area (Å²) in [5, 5.41) is 2.80. The summed E-state index contributed by atoms with van der Waals surface area (Å²) in [7, 11) is -0.636. The second kappa shape index (κ2) is 8.60. The Kier molecular flexibility index (Phi) is 7.38. The van der Waals surface area contributed by atoms with Gasteiger partial charge >= 0.3 is 0 Å². The minimum atomic E-state index is -3.59. The highest BCUT2D eigenvalue weighted by Gasteiger charge is 2.22. The first kappa shape index (κ1) is 20.6. The Morgan fingerprint density at radius 3 is 2.42 bits per heavy atom. The third-order valence-corrected chi connectivity index (χ3v) is 5.64. The number of sulfonamides is 1. The molecule has 1 amide bonds. The standard InChI is InChI=1S/C17H28N2O4S/c1-12(2)23-9-7-8-18-17(20)15-10-13(3)14(4)16(11-15)24(21,22)19(5)6/h10-12H,7-9H2,1-6H3,(H,18,20). The molecule has 24 heavy (non-hydrogen) atoms. The number of benzene rings is 1. The van der Waals surface area contributed by atoms with Crippen LogP contribution >= 0.6 is 0 Å². The zero-order chi connectivity index (χ0) is 18.5. The van der Waals surface area contributed by atoms with E-state index in [1.165, 1.54) is 20.2 Å². The largest absolute Gasteiger partial charge is 0.379 e. The second-order valence-corrected chi connectivity index (χ2v) is 8.35. The van der Waals surface area contributed by atoms with Gasteiger partial charge in [-0.3, -0.25) is 4.79 Å². The Bertz CT molecular complexity index is 682. The monoisotopic (exact) mass is 356 g/mol. The van der Waals surface area contributed by atoms with Crippen molar-refractivity contribution in [3.05, 3.63) is 28.8 Å². The van der Waals surface area contributed by atoms with E-state index >= 15 is 0 Å². The summed E-state index contributed by atoms with van der Waals surface area (Å²) in [4.78, 5) is 12.5. The first-order valence-corrected chi connectivity index (χ1v) is 9.45. The summed E-state index contributed by atoms with van der Waals surface area (Å²) in [6, 6.07) is 3.15. The molecule has 0 aliphatic carbocycles. The predicted octanol–water partition coefficient (Wildman–Crippen LogP) is 2.10. The molecule has 6 nitrogen and oxygen atoms in total. The SMILES string of the molecule is Cc1cc(C(=O)NCCCOC(C)C)cc(S(=O)(=O)N(C)C)c1C. The van der Waals surface area contributed by atoms with Gasteiger partial charge in [0, 0.05) is 32.8 Å². The molecule has 0 atom stereocenters. The Balaban J connectivity index is 2.90. The van der Waals surface area contributed by atoms with Crippen molar-refractivity contribution in [1.29, 1.82) is 0 Å². The number of hydrogen-bond donors (Lipinski definition) is 1. The normalized spacial score (nSPS) is 12.0. The van der Waals surface area contributed by atoms with Gasteiger partial charge in [-0.1, -0.05) is 0 Å². The quantitative estimate of drug-likeness (QED) is 0.724. The van der Waals surface area contributed by atoms with E-state index in [-0.39, 0.29) is 16.9 Å². The number of nitrogens with zero attached hydrogens (tertiary/aromatic N) is 1. The molecule has 0 aromatic heterocycles. The molecular formula is C17H28N2O4S. The lowest BCUT2D eigenvalue weighted by molar-refractivity contribution is 0.0757. The number of hydrogen-bond acceptors (Lipinski definition) is 4. The van der Waals surface area contributed by atoms with Gasteiger partial charge < -0.3 is 10.1 Å². The second-order valence-electron chi connectivity index (χ2n) is 6.23. The number of amides is 1. The van der Waals surface area contributed by atoms with Crippen LogP contribution in [0, 0.1) is 13.8 Å². The van der Waals surface area contributed by atoms with Gasteiger partial charge in [0.2, 0.25) is 10.0 Å². The fourth-order valence-corrected chi connectivity index (χ4v) is 3.34. The number of carbonyl (C=O) groups is 1. The van der Waals surface area contributed by atoms with Gasteiger partial charge in [-0.15, -0.1) is 0 Å². The van der Waals surface area contributed by atoms with Crippen LogP contribution in [0.15, 0.2) is 17.0 Å². The average Bonchev–Trinajstić information content (AvgIpc) is 2.48. The van der Waals surface area contributed by atoms with Gasteiger partial charge in [-0.25, -0.2) is 12.7 Å². The molecule has 0 bridgehead atoms. The van der Waals surface area contributed by atoms with Crippen molar-refractivity contribution in [1.82, 2.24) is 9.62 Å². The number of nitrogens with one attached hydrogen (secondary N) is 1. The first-order valence-electron chi connectivity index (χ1n) is 8.01. The summed E-state index contributed by atoms with van der Waals surface area (Å²) in [6.45, 7) is 8.52. The topological polar surface area (TPSA) is 75.7 Å². The van der Waals surface area contributed by atoms with Crippen LogP contribution in [0.5, 0.6) is 0 Å². The van der Waals surface area contributed by atoms with E-state index in [4.69, 9.17) is 4.74 Å². The van der Waals surface area contributed by atoms with Crippen molar-refractivity contribution >= 4 is 15.9 Å². The van der Waals surface area contributed by atoms with Crippen LogP contribution < -0.4 is 5.32 Å². The Morgan fingerprint density at radius 1 is 1.25 bits per heavy atom. The maximum Gasteiger partial charge on any atom is 0.251 e. The van der Waals surface area contributed by atoms with Crippen LogP contribution in [-0.2, 0) is 14.8 Å². The van der Waals surface area contributed by atoms with Crippen molar-refractivity contribution in [3.8, 4) is 0 Å². The zero-order valence-corrected chi connectivity index (χ0v) is 16.2. The molecule has 1 rings (SSSR count). The lowest BCUT2D eigenvalue weighted by Crippen LogP contribution is -2.27. The first-order chi connectivity index (χ1) is 11.1. The molecule has 7 heteroatoms. The van der Waals surface area contributed by atoms with E-state index in [1.807, 2.05) is 13.8 Å². The molecule has 1 N–H and O–H groups in total. The highest BCUT2D eigenvalue weighted by Crippen LogP contribution is 2.23. The molecule has 0 saturated heterocycles. The van der Waals surface area contributed by atoms with Crippen molar-refractivity contribution in [2.75, 3.05) is 27.2 Å². The summed E-state index contributed by atoms with van der Waals surface area (Å²) in [5.41, 5.74) is 1.78. The molecule has 1 aromatic carbocycles. The molecule has 0 saturated carbocycles. The Morgan fingerprint density at radius 2 is 1.88 bits per heavy atom. The molecule has 0 unspecified atom stereocenters. The maximum atomic E-state index is 12.4. The number of rotatable bonds is 8. The highest BCUT2D eigenvalue weighted by molar-refractivity contribution is 7.89. The number of aryl methyl sites for hydroxylation is 1. The van der Waals surface area contributed by atoms with Crippen molar-refractivity contribution in [2.45, 2.75) is 45.1 Å². The van der Waals surface area contributed by atoms with E-state index in [9.17, 15) is 13.2 Å². The van der Waals surface area contributed by atoms with Gasteiger partial charge in [0.05, 0.1) is 11.0 Å². The molecule has 0 fully saturated rings. The van der Waals surface area contributed by atoms with Crippen molar-refractivity contribution in [2.24, 2.45) is 0 Å². The molecule has 136 valence electrons. The van der Waals surface area contributed by atoms with E-state index in [0.717, 1.165) is 9.87 Å². The molecule has 0 aliphatic heterocycles. The third kappa shape index (κ3) is 5.29. The summed E-state index contributed by atoms with van der Waals surface area (Å²) in [6.07, 6.45) is 0.872. The molecular weight excluding hydrogens is 328 g/mol. The minimum absolute atomic E-state index is 0.166.